The molecular weight excluding hydrogens is 434 g/mol. The van der Waals surface area contributed by atoms with E-state index in [0.717, 1.165) is 84.0 Å². The van der Waals surface area contributed by atoms with Gasteiger partial charge in [-0.3, -0.25) is 9.48 Å². The Kier molecular flexibility index (Phi) is 6.26. The standard InChI is InChI=1S/C25H31N5O4/c1-4-5-18-21-22(30(2)29-18)24(26-13-15-6-11-19-20(12-15)34-14-33-19)28-23(27-21)16-7-9-17(10-8-16)25(31)32-3/h6,11-12,16-17H,4-5,7-10,13-14H2,1-3H3,(H,26,27,28). The molecule has 9 nitrogen and oxygen atoms in total. The molecule has 5 rings (SSSR count). The minimum absolute atomic E-state index is 0.0253. The maximum atomic E-state index is 12.0. The SMILES string of the molecule is CCCc1nn(C)c2c(NCc3ccc4c(c3)OCO4)nc(C3CCC(C(=O)OC)CC3)nc12. The van der Waals surface area contributed by atoms with Crippen molar-refractivity contribution in [3.63, 3.8) is 0 Å². The number of benzene rings is 1. The molecule has 1 saturated carbocycles. The Morgan fingerprint density at radius 2 is 1.97 bits per heavy atom. The quantitative estimate of drug-likeness (QED) is 0.521. The zero-order valence-electron chi connectivity index (χ0n) is 20.0. The molecule has 0 radical (unpaired) electrons. The van der Waals surface area contributed by atoms with Gasteiger partial charge < -0.3 is 19.5 Å². The van der Waals surface area contributed by atoms with Crippen molar-refractivity contribution >= 4 is 22.8 Å². The van der Waals surface area contributed by atoms with Crippen LogP contribution in [-0.4, -0.2) is 39.6 Å². The summed E-state index contributed by atoms with van der Waals surface area (Å²) < 4.78 is 17.8. The first-order chi connectivity index (χ1) is 16.6. The van der Waals surface area contributed by atoms with Crippen LogP contribution < -0.4 is 14.8 Å². The predicted molar refractivity (Wildman–Crippen MR) is 127 cm³/mol. The molecule has 0 atom stereocenters. The Bertz CT molecular complexity index is 1200. The van der Waals surface area contributed by atoms with Gasteiger partial charge in [-0.05, 0) is 49.8 Å². The molecule has 1 aliphatic carbocycles. The first-order valence-electron chi connectivity index (χ1n) is 12.0. The van der Waals surface area contributed by atoms with E-state index in [2.05, 4.69) is 12.2 Å². The fourth-order valence-electron chi connectivity index (χ4n) is 4.96. The van der Waals surface area contributed by atoms with Crippen LogP contribution in [0, 0.1) is 5.92 Å². The Morgan fingerprint density at radius 1 is 1.18 bits per heavy atom. The maximum absolute atomic E-state index is 12.0. The number of carbonyl (C=O) groups is 1. The number of aryl methyl sites for hydroxylation is 2. The molecule has 0 unspecified atom stereocenters. The molecule has 0 amide bonds. The number of rotatable bonds is 7. The van der Waals surface area contributed by atoms with E-state index < -0.39 is 0 Å². The van der Waals surface area contributed by atoms with Crippen molar-refractivity contribution in [1.29, 1.82) is 0 Å². The molecule has 1 N–H and O–H groups in total. The van der Waals surface area contributed by atoms with Gasteiger partial charge in [0.2, 0.25) is 6.79 Å². The molecule has 0 spiro atoms. The van der Waals surface area contributed by atoms with E-state index in [1.165, 1.54) is 7.11 Å². The minimum atomic E-state index is -0.113. The number of fused-ring (bicyclic) bond motifs is 2. The lowest BCUT2D eigenvalue weighted by atomic mass is 9.81. The van der Waals surface area contributed by atoms with Crippen molar-refractivity contribution in [2.45, 2.75) is 57.9 Å². The van der Waals surface area contributed by atoms with Crippen LogP contribution in [0.4, 0.5) is 5.82 Å². The number of methoxy groups -OCH3 is 1. The normalized spacial score (nSPS) is 19.4. The van der Waals surface area contributed by atoms with Gasteiger partial charge in [0.05, 0.1) is 18.7 Å². The molecule has 3 aromatic rings. The van der Waals surface area contributed by atoms with E-state index in [9.17, 15) is 4.79 Å². The van der Waals surface area contributed by atoms with Gasteiger partial charge >= 0.3 is 5.97 Å². The van der Waals surface area contributed by atoms with Gasteiger partial charge in [0.1, 0.15) is 16.9 Å². The Morgan fingerprint density at radius 3 is 2.74 bits per heavy atom. The monoisotopic (exact) mass is 465 g/mol. The fourth-order valence-corrected chi connectivity index (χ4v) is 4.96. The van der Waals surface area contributed by atoms with Crippen LogP contribution in [0.15, 0.2) is 18.2 Å². The van der Waals surface area contributed by atoms with Crippen molar-refractivity contribution in [2.24, 2.45) is 13.0 Å². The lowest BCUT2D eigenvalue weighted by molar-refractivity contribution is -0.146. The number of ether oxygens (including phenoxy) is 3. The van der Waals surface area contributed by atoms with Crippen molar-refractivity contribution in [1.82, 2.24) is 19.7 Å². The third-order valence-corrected chi connectivity index (χ3v) is 6.78. The summed E-state index contributed by atoms with van der Waals surface area (Å²) in [5.74, 6) is 3.22. The van der Waals surface area contributed by atoms with Crippen LogP contribution in [0.5, 0.6) is 11.5 Å². The highest BCUT2D eigenvalue weighted by Gasteiger charge is 2.30. The van der Waals surface area contributed by atoms with E-state index >= 15 is 0 Å². The maximum Gasteiger partial charge on any atom is 0.308 e. The molecular formula is C25H31N5O4. The van der Waals surface area contributed by atoms with Crippen LogP contribution in [0.3, 0.4) is 0 Å². The van der Waals surface area contributed by atoms with Crippen molar-refractivity contribution < 1.29 is 19.0 Å². The van der Waals surface area contributed by atoms with Crippen LogP contribution in [0.1, 0.15) is 62.0 Å². The molecule has 1 aliphatic heterocycles. The highest BCUT2D eigenvalue weighted by atomic mass is 16.7. The average Bonchev–Trinajstić information content (AvgIpc) is 3.46. The smallest absolute Gasteiger partial charge is 0.308 e. The number of hydrogen-bond donors (Lipinski definition) is 1. The summed E-state index contributed by atoms with van der Waals surface area (Å²) in [5, 5.41) is 8.28. The molecule has 1 fully saturated rings. The van der Waals surface area contributed by atoms with Gasteiger partial charge in [-0.2, -0.15) is 5.10 Å². The Balaban J connectivity index is 1.44. The second kappa shape index (κ2) is 9.48. The van der Waals surface area contributed by atoms with Crippen LogP contribution >= 0.6 is 0 Å². The Hall–Kier alpha value is -3.36. The Labute approximate surface area is 198 Å². The van der Waals surface area contributed by atoms with E-state index in [4.69, 9.17) is 29.3 Å². The summed E-state index contributed by atoms with van der Waals surface area (Å²) in [5.41, 5.74) is 3.90. The first-order valence-corrected chi connectivity index (χ1v) is 12.0. The largest absolute Gasteiger partial charge is 0.469 e. The van der Waals surface area contributed by atoms with Gasteiger partial charge in [0, 0.05) is 19.5 Å². The molecule has 2 aliphatic rings. The summed E-state index contributed by atoms with van der Waals surface area (Å²) in [7, 11) is 3.40. The predicted octanol–water partition coefficient (Wildman–Crippen LogP) is 4.10. The summed E-state index contributed by atoms with van der Waals surface area (Å²) in [6.45, 7) is 3.00. The molecule has 34 heavy (non-hydrogen) atoms. The van der Waals surface area contributed by atoms with Crippen LogP contribution in [0.2, 0.25) is 0 Å². The molecule has 1 aromatic carbocycles. The number of anilines is 1. The van der Waals surface area contributed by atoms with E-state index in [0.29, 0.717) is 6.54 Å². The highest BCUT2D eigenvalue weighted by Crippen LogP contribution is 2.37. The van der Waals surface area contributed by atoms with Gasteiger partial charge in [-0.25, -0.2) is 9.97 Å². The van der Waals surface area contributed by atoms with Gasteiger partial charge in [-0.1, -0.05) is 19.4 Å². The number of esters is 1. The summed E-state index contributed by atoms with van der Waals surface area (Å²) >= 11 is 0. The second-order valence-electron chi connectivity index (χ2n) is 9.06. The number of carbonyl (C=O) groups excluding carboxylic acids is 1. The van der Waals surface area contributed by atoms with Crippen molar-refractivity contribution in [3.8, 4) is 11.5 Å². The molecule has 9 heteroatoms. The zero-order valence-corrected chi connectivity index (χ0v) is 20.0. The third-order valence-electron chi connectivity index (χ3n) is 6.78. The lowest BCUT2D eigenvalue weighted by Crippen LogP contribution is -2.23. The first kappa shape index (κ1) is 22.4. The third kappa shape index (κ3) is 4.26. The molecule has 0 saturated heterocycles. The molecule has 180 valence electrons. The van der Waals surface area contributed by atoms with Gasteiger partial charge in [0.15, 0.2) is 17.3 Å². The van der Waals surface area contributed by atoms with Crippen molar-refractivity contribution in [3.05, 3.63) is 35.3 Å². The zero-order chi connectivity index (χ0) is 23.7. The second-order valence-corrected chi connectivity index (χ2v) is 9.06. The molecule has 0 bridgehead atoms. The number of nitrogens with one attached hydrogen (secondary N) is 1. The summed E-state index contributed by atoms with van der Waals surface area (Å²) in [4.78, 5) is 21.9. The molecule has 2 aromatic heterocycles. The average molecular weight is 466 g/mol. The fraction of sp³-hybridized carbons (Fsp3) is 0.520. The van der Waals surface area contributed by atoms with E-state index in [-0.39, 0.29) is 24.6 Å². The number of nitrogens with zero attached hydrogens (tertiary/aromatic N) is 4. The highest BCUT2D eigenvalue weighted by molar-refractivity contribution is 5.87. The molecule has 3 heterocycles. The number of aromatic nitrogens is 4. The van der Waals surface area contributed by atoms with Crippen molar-refractivity contribution in [2.75, 3.05) is 19.2 Å². The van der Waals surface area contributed by atoms with Crippen LogP contribution in [0.25, 0.3) is 11.0 Å². The van der Waals surface area contributed by atoms with Crippen LogP contribution in [-0.2, 0) is 29.5 Å². The van der Waals surface area contributed by atoms with Gasteiger partial charge in [0.25, 0.3) is 0 Å². The summed E-state index contributed by atoms with van der Waals surface area (Å²) in [6, 6.07) is 5.96. The van der Waals surface area contributed by atoms with E-state index in [1.54, 1.807) is 0 Å². The number of hydrogen-bond acceptors (Lipinski definition) is 8. The minimum Gasteiger partial charge on any atom is -0.469 e. The lowest BCUT2D eigenvalue weighted by Gasteiger charge is -2.26. The van der Waals surface area contributed by atoms with E-state index in [1.807, 2.05) is 29.9 Å². The topological polar surface area (TPSA) is 100 Å². The van der Waals surface area contributed by atoms with Gasteiger partial charge in [-0.15, -0.1) is 0 Å². The summed E-state index contributed by atoms with van der Waals surface area (Å²) in [6.07, 6.45) is 5.20.